The summed E-state index contributed by atoms with van der Waals surface area (Å²) in [6.07, 6.45) is 8.70. The van der Waals surface area contributed by atoms with Gasteiger partial charge in [-0.25, -0.2) is 0 Å². The van der Waals surface area contributed by atoms with Gasteiger partial charge in [0.2, 0.25) is 0 Å². The van der Waals surface area contributed by atoms with Gasteiger partial charge < -0.3 is 10.1 Å². The minimum absolute atomic E-state index is 0.490. The van der Waals surface area contributed by atoms with Crippen LogP contribution in [0.15, 0.2) is 0 Å². The third kappa shape index (κ3) is 2.01. The lowest BCUT2D eigenvalue weighted by atomic mass is 9.92. The van der Waals surface area contributed by atoms with Crippen molar-refractivity contribution in [2.24, 2.45) is 0 Å². The van der Waals surface area contributed by atoms with E-state index in [0.717, 1.165) is 13.2 Å². The van der Waals surface area contributed by atoms with E-state index in [2.05, 4.69) is 10.2 Å². The standard InChI is InChI=1S/C13H24N2O/c1-2-6-13(5-1)11-14-7-8-15(13)10-12-4-3-9-16-12/h12,14H,1-11H2. The van der Waals surface area contributed by atoms with Crippen molar-refractivity contribution in [3.8, 4) is 0 Å². The Morgan fingerprint density at radius 1 is 1.25 bits per heavy atom. The Morgan fingerprint density at radius 3 is 2.88 bits per heavy atom. The largest absolute Gasteiger partial charge is 0.377 e. The molecule has 3 heteroatoms. The summed E-state index contributed by atoms with van der Waals surface area (Å²) in [4.78, 5) is 2.74. The molecule has 3 nitrogen and oxygen atoms in total. The Labute approximate surface area is 98.5 Å². The van der Waals surface area contributed by atoms with Gasteiger partial charge in [-0.1, -0.05) is 12.8 Å². The third-order valence-electron chi connectivity index (χ3n) is 4.67. The number of rotatable bonds is 2. The maximum atomic E-state index is 5.80. The maximum Gasteiger partial charge on any atom is 0.0703 e. The van der Waals surface area contributed by atoms with Crippen LogP contribution in [-0.4, -0.2) is 49.3 Å². The first-order valence-corrected chi connectivity index (χ1v) is 6.96. The van der Waals surface area contributed by atoms with Crippen LogP contribution in [0.2, 0.25) is 0 Å². The summed E-state index contributed by atoms with van der Waals surface area (Å²) in [5, 5.41) is 3.59. The van der Waals surface area contributed by atoms with E-state index < -0.39 is 0 Å². The average molecular weight is 224 g/mol. The van der Waals surface area contributed by atoms with E-state index in [1.54, 1.807) is 0 Å². The van der Waals surface area contributed by atoms with E-state index in [0.29, 0.717) is 11.6 Å². The van der Waals surface area contributed by atoms with Crippen molar-refractivity contribution in [1.82, 2.24) is 10.2 Å². The summed E-state index contributed by atoms with van der Waals surface area (Å²) in [6.45, 7) is 5.76. The monoisotopic (exact) mass is 224 g/mol. The molecule has 16 heavy (non-hydrogen) atoms. The highest BCUT2D eigenvalue weighted by molar-refractivity contribution is 5.00. The van der Waals surface area contributed by atoms with E-state index >= 15 is 0 Å². The highest BCUT2D eigenvalue weighted by Crippen LogP contribution is 2.36. The Balaban J connectivity index is 1.65. The fourth-order valence-corrected chi connectivity index (χ4v) is 3.73. The van der Waals surface area contributed by atoms with Gasteiger partial charge in [-0.3, -0.25) is 4.90 Å². The van der Waals surface area contributed by atoms with Crippen LogP contribution in [-0.2, 0) is 4.74 Å². The van der Waals surface area contributed by atoms with Crippen molar-refractivity contribution >= 4 is 0 Å². The van der Waals surface area contributed by atoms with E-state index in [9.17, 15) is 0 Å². The fourth-order valence-electron chi connectivity index (χ4n) is 3.73. The van der Waals surface area contributed by atoms with Crippen LogP contribution in [0, 0.1) is 0 Å². The number of hydrogen-bond donors (Lipinski definition) is 1. The van der Waals surface area contributed by atoms with Gasteiger partial charge in [0.25, 0.3) is 0 Å². The van der Waals surface area contributed by atoms with Crippen molar-refractivity contribution in [3.05, 3.63) is 0 Å². The smallest absolute Gasteiger partial charge is 0.0703 e. The zero-order valence-electron chi connectivity index (χ0n) is 10.2. The van der Waals surface area contributed by atoms with Gasteiger partial charge in [0, 0.05) is 38.3 Å². The summed E-state index contributed by atoms with van der Waals surface area (Å²) in [5.74, 6) is 0. The molecule has 92 valence electrons. The maximum absolute atomic E-state index is 5.80. The second-order valence-electron chi connectivity index (χ2n) is 5.69. The molecular weight excluding hydrogens is 200 g/mol. The van der Waals surface area contributed by atoms with Gasteiger partial charge in [0.1, 0.15) is 0 Å². The normalized spacial score (nSPS) is 34.9. The van der Waals surface area contributed by atoms with Gasteiger partial charge in [-0.15, -0.1) is 0 Å². The van der Waals surface area contributed by atoms with Crippen LogP contribution in [0.5, 0.6) is 0 Å². The summed E-state index contributed by atoms with van der Waals surface area (Å²) < 4.78 is 5.80. The molecule has 0 aromatic rings. The first-order chi connectivity index (χ1) is 7.89. The molecule has 1 spiro atoms. The Hall–Kier alpha value is -0.120. The topological polar surface area (TPSA) is 24.5 Å². The van der Waals surface area contributed by atoms with E-state index in [-0.39, 0.29) is 0 Å². The van der Waals surface area contributed by atoms with Gasteiger partial charge in [-0.2, -0.15) is 0 Å². The number of piperazine rings is 1. The van der Waals surface area contributed by atoms with Gasteiger partial charge in [0.05, 0.1) is 6.10 Å². The highest BCUT2D eigenvalue weighted by atomic mass is 16.5. The average Bonchev–Trinajstić information content (AvgIpc) is 2.94. The Morgan fingerprint density at radius 2 is 2.12 bits per heavy atom. The highest BCUT2D eigenvalue weighted by Gasteiger charge is 2.41. The Bertz CT molecular complexity index is 232. The van der Waals surface area contributed by atoms with Crippen LogP contribution in [0.3, 0.4) is 0 Å². The van der Waals surface area contributed by atoms with Crippen molar-refractivity contribution < 1.29 is 4.74 Å². The third-order valence-corrected chi connectivity index (χ3v) is 4.67. The fraction of sp³-hybridized carbons (Fsp3) is 1.00. The molecule has 1 N–H and O–H groups in total. The van der Waals surface area contributed by atoms with Gasteiger partial charge in [0.15, 0.2) is 0 Å². The van der Waals surface area contributed by atoms with E-state index in [1.807, 2.05) is 0 Å². The zero-order valence-corrected chi connectivity index (χ0v) is 10.2. The zero-order chi connectivity index (χ0) is 10.8. The van der Waals surface area contributed by atoms with Crippen molar-refractivity contribution in [2.45, 2.75) is 50.2 Å². The van der Waals surface area contributed by atoms with Crippen LogP contribution in [0.25, 0.3) is 0 Å². The molecule has 0 radical (unpaired) electrons. The lowest BCUT2D eigenvalue weighted by Crippen LogP contribution is -2.61. The lowest BCUT2D eigenvalue weighted by Gasteiger charge is -2.46. The predicted molar refractivity (Wildman–Crippen MR) is 64.6 cm³/mol. The van der Waals surface area contributed by atoms with Crippen LogP contribution < -0.4 is 5.32 Å². The molecule has 0 aromatic heterocycles. The first kappa shape index (κ1) is 11.0. The summed E-state index contributed by atoms with van der Waals surface area (Å²) in [7, 11) is 0. The van der Waals surface area contributed by atoms with Gasteiger partial charge >= 0.3 is 0 Å². The Kier molecular flexibility index (Phi) is 3.18. The van der Waals surface area contributed by atoms with Crippen LogP contribution >= 0.6 is 0 Å². The molecule has 2 heterocycles. The molecule has 0 amide bonds. The predicted octanol–water partition coefficient (Wildman–Crippen LogP) is 1.38. The molecule has 3 fully saturated rings. The van der Waals surface area contributed by atoms with Crippen LogP contribution in [0.1, 0.15) is 38.5 Å². The molecular formula is C13H24N2O. The second kappa shape index (κ2) is 4.63. The molecule has 3 rings (SSSR count). The minimum Gasteiger partial charge on any atom is -0.377 e. The quantitative estimate of drug-likeness (QED) is 0.767. The molecule has 3 aliphatic rings. The van der Waals surface area contributed by atoms with E-state index in [1.165, 1.54) is 58.2 Å². The number of nitrogens with zero attached hydrogens (tertiary/aromatic N) is 1. The molecule has 1 saturated carbocycles. The molecule has 1 aliphatic carbocycles. The van der Waals surface area contributed by atoms with Crippen molar-refractivity contribution in [3.63, 3.8) is 0 Å². The SMILES string of the molecule is C1COC(CN2CCNCC23CCCC3)C1. The van der Waals surface area contributed by atoms with Crippen molar-refractivity contribution in [1.29, 1.82) is 0 Å². The van der Waals surface area contributed by atoms with Crippen LogP contribution in [0.4, 0.5) is 0 Å². The van der Waals surface area contributed by atoms with Gasteiger partial charge in [-0.05, 0) is 25.7 Å². The second-order valence-corrected chi connectivity index (χ2v) is 5.69. The molecule has 0 bridgehead atoms. The molecule has 0 aromatic carbocycles. The number of nitrogens with one attached hydrogen (secondary N) is 1. The summed E-state index contributed by atoms with van der Waals surface area (Å²) in [5.41, 5.74) is 0.490. The van der Waals surface area contributed by atoms with E-state index in [4.69, 9.17) is 4.74 Å². The number of hydrogen-bond acceptors (Lipinski definition) is 3. The minimum atomic E-state index is 0.490. The summed E-state index contributed by atoms with van der Waals surface area (Å²) in [6, 6.07) is 0. The number of ether oxygens (including phenoxy) is 1. The molecule has 2 aliphatic heterocycles. The molecule has 1 unspecified atom stereocenters. The van der Waals surface area contributed by atoms with Crippen molar-refractivity contribution in [2.75, 3.05) is 32.8 Å². The summed E-state index contributed by atoms with van der Waals surface area (Å²) >= 11 is 0. The lowest BCUT2D eigenvalue weighted by molar-refractivity contribution is 0.00671. The first-order valence-electron chi connectivity index (χ1n) is 6.96. The molecule has 2 saturated heterocycles. The molecule has 1 atom stereocenters.